The Morgan fingerprint density at radius 3 is 2.27 bits per heavy atom. The molecule has 2 heterocycles. The van der Waals surface area contributed by atoms with Crippen LogP contribution in [0, 0.1) is 11.7 Å². The Hall–Kier alpha value is -2.70. The van der Waals surface area contributed by atoms with Gasteiger partial charge in [0.15, 0.2) is 0 Å². The van der Waals surface area contributed by atoms with Gasteiger partial charge >= 0.3 is 6.03 Å². The molecule has 1 saturated heterocycles. The lowest BCUT2D eigenvalue weighted by Crippen LogP contribution is -2.53. The molecule has 6 nitrogen and oxygen atoms in total. The van der Waals surface area contributed by atoms with Gasteiger partial charge in [-0.3, -0.25) is 0 Å². The van der Waals surface area contributed by atoms with E-state index in [1.54, 1.807) is 35.5 Å². The van der Waals surface area contributed by atoms with Crippen molar-refractivity contribution in [1.82, 2.24) is 20.2 Å². The Morgan fingerprint density at radius 1 is 1.08 bits per heavy atom. The van der Waals surface area contributed by atoms with Crippen molar-refractivity contribution in [3.63, 3.8) is 0 Å². The van der Waals surface area contributed by atoms with Crippen LogP contribution >= 0.6 is 0 Å². The molecule has 0 bridgehead atoms. The minimum absolute atomic E-state index is 0.0957. The quantitative estimate of drug-likeness (QED) is 0.914. The van der Waals surface area contributed by atoms with Gasteiger partial charge < -0.3 is 15.1 Å². The summed E-state index contributed by atoms with van der Waals surface area (Å²) in [6.45, 7) is 6.69. The summed E-state index contributed by atoms with van der Waals surface area (Å²) in [6, 6.07) is 7.84. The van der Waals surface area contributed by atoms with E-state index in [0.29, 0.717) is 32.1 Å². The average molecular weight is 357 g/mol. The molecule has 26 heavy (non-hydrogen) atoms. The highest BCUT2D eigenvalue weighted by atomic mass is 19.1. The monoisotopic (exact) mass is 357 g/mol. The highest BCUT2D eigenvalue weighted by Crippen LogP contribution is 2.22. The van der Waals surface area contributed by atoms with Gasteiger partial charge in [0.25, 0.3) is 0 Å². The van der Waals surface area contributed by atoms with Crippen LogP contribution in [0.5, 0.6) is 0 Å². The van der Waals surface area contributed by atoms with Gasteiger partial charge in [0, 0.05) is 38.6 Å². The van der Waals surface area contributed by atoms with E-state index < -0.39 is 0 Å². The molecule has 0 saturated carbocycles. The minimum atomic E-state index is -0.276. The fourth-order valence-electron chi connectivity index (χ4n) is 3.09. The lowest BCUT2D eigenvalue weighted by atomic mass is 9.96. The molecule has 1 N–H and O–H groups in total. The number of benzene rings is 1. The molecule has 1 aliphatic heterocycles. The number of nitrogens with one attached hydrogen (secondary N) is 1. The number of amides is 2. The first-order valence-electron chi connectivity index (χ1n) is 8.87. The van der Waals surface area contributed by atoms with Crippen LogP contribution in [0.25, 0.3) is 0 Å². The summed E-state index contributed by atoms with van der Waals surface area (Å²) < 4.78 is 13.2. The molecule has 1 aromatic carbocycles. The van der Waals surface area contributed by atoms with Gasteiger partial charge in [0.05, 0.1) is 6.04 Å². The average Bonchev–Trinajstić information content (AvgIpc) is 2.67. The molecule has 1 atom stereocenters. The molecule has 0 unspecified atom stereocenters. The van der Waals surface area contributed by atoms with Gasteiger partial charge in [-0.1, -0.05) is 26.0 Å². The van der Waals surface area contributed by atoms with Crippen LogP contribution in [0.15, 0.2) is 42.7 Å². The van der Waals surface area contributed by atoms with Crippen molar-refractivity contribution >= 4 is 12.0 Å². The molecule has 0 radical (unpaired) electrons. The maximum atomic E-state index is 13.2. The van der Waals surface area contributed by atoms with Crippen LogP contribution < -0.4 is 10.2 Å². The zero-order valence-corrected chi connectivity index (χ0v) is 15.1. The van der Waals surface area contributed by atoms with E-state index in [0.717, 1.165) is 5.56 Å². The number of carbonyl (C=O) groups is 1. The Balaban J connectivity index is 1.59. The van der Waals surface area contributed by atoms with Gasteiger partial charge in [-0.15, -0.1) is 0 Å². The SMILES string of the molecule is CC(C)[C@H](NC(=O)N1CCN(c2ncccn2)CC1)c1ccc(F)cc1. The summed E-state index contributed by atoms with van der Waals surface area (Å²) in [5, 5.41) is 3.09. The molecule has 2 amide bonds. The number of halogens is 1. The van der Waals surface area contributed by atoms with Gasteiger partial charge in [0.1, 0.15) is 5.82 Å². The predicted octanol–water partition coefficient (Wildman–Crippen LogP) is 2.84. The molecular formula is C19H24FN5O. The van der Waals surface area contributed by atoms with Crippen LogP contribution in [0.4, 0.5) is 15.1 Å². The molecule has 7 heteroatoms. The molecule has 0 aliphatic carbocycles. The number of piperazine rings is 1. The van der Waals surface area contributed by atoms with Crippen molar-refractivity contribution in [3.05, 3.63) is 54.1 Å². The summed E-state index contributed by atoms with van der Waals surface area (Å²) in [4.78, 5) is 25.1. The third-order valence-corrected chi connectivity index (χ3v) is 4.58. The molecule has 1 fully saturated rings. The summed E-state index contributed by atoms with van der Waals surface area (Å²) in [5.74, 6) is 0.615. The van der Waals surface area contributed by atoms with Crippen LogP contribution in [-0.4, -0.2) is 47.1 Å². The van der Waals surface area contributed by atoms with Gasteiger partial charge in [-0.05, 0) is 29.7 Å². The van der Waals surface area contributed by atoms with Crippen molar-refractivity contribution in [2.24, 2.45) is 5.92 Å². The van der Waals surface area contributed by atoms with E-state index in [4.69, 9.17) is 0 Å². The molecular weight excluding hydrogens is 333 g/mol. The standard InChI is InChI=1S/C19H24FN5O/c1-14(2)17(15-4-6-16(20)7-5-15)23-19(26)25-12-10-24(11-13-25)18-21-8-3-9-22-18/h3-9,14,17H,10-13H2,1-2H3,(H,23,26)/t17-/m0/s1. The number of hydrogen-bond donors (Lipinski definition) is 1. The number of hydrogen-bond acceptors (Lipinski definition) is 4. The predicted molar refractivity (Wildman–Crippen MR) is 98.3 cm³/mol. The summed E-state index contributed by atoms with van der Waals surface area (Å²) in [5.41, 5.74) is 0.908. The van der Waals surface area contributed by atoms with E-state index in [1.807, 2.05) is 13.8 Å². The van der Waals surface area contributed by atoms with Crippen molar-refractivity contribution in [2.75, 3.05) is 31.1 Å². The fraction of sp³-hybridized carbons (Fsp3) is 0.421. The fourth-order valence-corrected chi connectivity index (χ4v) is 3.09. The number of urea groups is 1. The molecule has 2 aromatic rings. The third-order valence-electron chi connectivity index (χ3n) is 4.58. The van der Waals surface area contributed by atoms with Crippen LogP contribution in [0.2, 0.25) is 0 Å². The molecule has 138 valence electrons. The van der Waals surface area contributed by atoms with E-state index >= 15 is 0 Å². The first kappa shape index (κ1) is 18.1. The zero-order chi connectivity index (χ0) is 18.5. The molecule has 0 spiro atoms. The highest BCUT2D eigenvalue weighted by molar-refractivity contribution is 5.75. The van der Waals surface area contributed by atoms with Crippen molar-refractivity contribution < 1.29 is 9.18 Å². The minimum Gasteiger partial charge on any atom is -0.337 e. The van der Waals surface area contributed by atoms with Crippen LogP contribution in [0.1, 0.15) is 25.5 Å². The molecule has 3 rings (SSSR count). The second-order valence-electron chi connectivity index (χ2n) is 6.75. The van der Waals surface area contributed by atoms with E-state index in [2.05, 4.69) is 20.2 Å². The van der Waals surface area contributed by atoms with Crippen LogP contribution in [0.3, 0.4) is 0 Å². The van der Waals surface area contributed by atoms with Gasteiger partial charge in [0.2, 0.25) is 5.95 Å². The first-order chi connectivity index (χ1) is 12.5. The van der Waals surface area contributed by atoms with Crippen molar-refractivity contribution in [3.8, 4) is 0 Å². The molecule has 1 aromatic heterocycles. The summed E-state index contributed by atoms with van der Waals surface area (Å²) in [7, 11) is 0. The maximum Gasteiger partial charge on any atom is 0.318 e. The lowest BCUT2D eigenvalue weighted by Gasteiger charge is -2.36. The van der Waals surface area contributed by atoms with E-state index in [1.165, 1.54) is 12.1 Å². The second-order valence-corrected chi connectivity index (χ2v) is 6.75. The summed E-state index contributed by atoms with van der Waals surface area (Å²) >= 11 is 0. The van der Waals surface area contributed by atoms with Crippen molar-refractivity contribution in [1.29, 1.82) is 0 Å². The number of carbonyl (C=O) groups excluding carboxylic acids is 1. The maximum absolute atomic E-state index is 13.2. The zero-order valence-electron chi connectivity index (χ0n) is 15.1. The molecule has 1 aliphatic rings. The topological polar surface area (TPSA) is 61.4 Å². The Bertz CT molecular complexity index is 714. The number of anilines is 1. The number of rotatable bonds is 4. The van der Waals surface area contributed by atoms with E-state index in [-0.39, 0.29) is 23.8 Å². The van der Waals surface area contributed by atoms with Gasteiger partial charge in [-0.2, -0.15) is 0 Å². The largest absolute Gasteiger partial charge is 0.337 e. The van der Waals surface area contributed by atoms with Crippen LogP contribution in [-0.2, 0) is 0 Å². The summed E-state index contributed by atoms with van der Waals surface area (Å²) in [6.07, 6.45) is 3.44. The number of nitrogens with zero attached hydrogens (tertiary/aromatic N) is 4. The third kappa shape index (κ3) is 4.28. The first-order valence-corrected chi connectivity index (χ1v) is 8.87. The smallest absolute Gasteiger partial charge is 0.318 e. The normalized spacial score (nSPS) is 15.8. The van der Waals surface area contributed by atoms with E-state index in [9.17, 15) is 9.18 Å². The Kier molecular flexibility index (Phi) is 5.65. The second kappa shape index (κ2) is 8.12. The Morgan fingerprint density at radius 2 is 1.69 bits per heavy atom. The Labute approximate surface area is 153 Å². The van der Waals surface area contributed by atoms with Crippen molar-refractivity contribution in [2.45, 2.75) is 19.9 Å². The number of aromatic nitrogens is 2. The van der Waals surface area contributed by atoms with Gasteiger partial charge in [-0.25, -0.2) is 19.2 Å². The lowest BCUT2D eigenvalue weighted by molar-refractivity contribution is 0.186. The highest BCUT2D eigenvalue weighted by Gasteiger charge is 2.25.